The van der Waals surface area contributed by atoms with E-state index in [1.165, 1.54) is 0 Å². The molecule has 1 saturated carbocycles. The minimum atomic E-state index is -0.541. The zero-order valence-corrected chi connectivity index (χ0v) is 11.0. The molecule has 4 heteroatoms. The molecule has 0 bridgehead atoms. The molecule has 0 saturated heterocycles. The normalized spacial score (nSPS) is 16.2. The monoisotopic (exact) mass is 249 g/mol. The van der Waals surface area contributed by atoms with Crippen LogP contribution < -0.4 is 10.1 Å². The molecule has 4 nitrogen and oxygen atoms in total. The highest BCUT2D eigenvalue weighted by atomic mass is 16.5. The van der Waals surface area contributed by atoms with Crippen LogP contribution in [0.3, 0.4) is 0 Å². The Hall–Kier alpha value is -1.55. The van der Waals surface area contributed by atoms with Gasteiger partial charge < -0.3 is 15.2 Å². The van der Waals surface area contributed by atoms with E-state index in [9.17, 15) is 9.90 Å². The van der Waals surface area contributed by atoms with Crippen LogP contribution in [-0.4, -0.2) is 24.7 Å². The molecule has 0 aromatic heterocycles. The molecule has 2 N–H and O–H groups in total. The molecule has 98 valence electrons. The maximum absolute atomic E-state index is 12.0. The first kappa shape index (κ1) is 12.9. The highest BCUT2D eigenvalue weighted by Crippen LogP contribution is 2.46. The fourth-order valence-electron chi connectivity index (χ4n) is 2.01. The second-order valence-corrected chi connectivity index (χ2v) is 5.03. The number of anilines is 1. The molecule has 2 rings (SSSR count). The Morgan fingerprint density at radius 1 is 1.39 bits per heavy atom. The summed E-state index contributed by atoms with van der Waals surface area (Å²) in [6.45, 7) is 3.79. The highest BCUT2D eigenvalue weighted by molar-refractivity contribution is 5.98. The van der Waals surface area contributed by atoms with Crippen LogP contribution in [0.2, 0.25) is 0 Å². The number of carbonyl (C=O) groups excluding carboxylic acids is 1. The maximum atomic E-state index is 12.0. The Kier molecular flexibility index (Phi) is 3.30. The molecule has 0 unspecified atom stereocenters. The summed E-state index contributed by atoms with van der Waals surface area (Å²) in [6, 6.07) is 3.81. The van der Waals surface area contributed by atoms with Gasteiger partial charge in [0.1, 0.15) is 5.75 Å². The Morgan fingerprint density at radius 3 is 2.56 bits per heavy atom. The van der Waals surface area contributed by atoms with Crippen molar-refractivity contribution in [2.75, 3.05) is 19.0 Å². The van der Waals surface area contributed by atoms with Gasteiger partial charge in [0.2, 0.25) is 5.91 Å². The van der Waals surface area contributed by atoms with E-state index in [2.05, 4.69) is 5.32 Å². The Bertz CT molecular complexity index is 478. The van der Waals surface area contributed by atoms with Gasteiger partial charge in [0.15, 0.2) is 0 Å². The molecule has 1 fully saturated rings. The number of hydrogen-bond donors (Lipinski definition) is 2. The number of aliphatic hydroxyl groups is 1. The van der Waals surface area contributed by atoms with Gasteiger partial charge >= 0.3 is 0 Å². The topological polar surface area (TPSA) is 58.6 Å². The van der Waals surface area contributed by atoms with Gasteiger partial charge in [-0.3, -0.25) is 4.79 Å². The fourth-order valence-corrected chi connectivity index (χ4v) is 2.01. The van der Waals surface area contributed by atoms with Crippen LogP contribution >= 0.6 is 0 Å². The van der Waals surface area contributed by atoms with E-state index in [0.717, 1.165) is 35.4 Å². The smallest absolute Gasteiger partial charge is 0.232 e. The molecule has 0 atom stereocenters. The van der Waals surface area contributed by atoms with Gasteiger partial charge in [-0.25, -0.2) is 0 Å². The number of aliphatic hydroxyl groups excluding tert-OH is 1. The maximum Gasteiger partial charge on any atom is 0.232 e. The van der Waals surface area contributed by atoms with Crippen LogP contribution in [0.15, 0.2) is 12.1 Å². The van der Waals surface area contributed by atoms with Crippen LogP contribution in [0.1, 0.15) is 24.0 Å². The molecule has 1 aromatic carbocycles. The van der Waals surface area contributed by atoms with Gasteiger partial charge in [-0.2, -0.15) is 0 Å². The second kappa shape index (κ2) is 4.61. The molecule has 0 aliphatic heterocycles. The average Bonchev–Trinajstić information content (AvgIpc) is 3.14. The number of rotatable bonds is 4. The predicted octanol–water partition coefficient (Wildman–Crippen LogP) is 2.02. The number of benzene rings is 1. The second-order valence-electron chi connectivity index (χ2n) is 5.03. The van der Waals surface area contributed by atoms with Crippen LogP contribution in [0, 0.1) is 19.3 Å². The summed E-state index contributed by atoms with van der Waals surface area (Å²) >= 11 is 0. The molecule has 0 radical (unpaired) electrons. The van der Waals surface area contributed by atoms with E-state index in [0.29, 0.717) is 0 Å². The summed E-state index contributed by atoms with van der Waals surface area (Å²) in [5, 5.41) is 12.1. The summed E-state index contributed by atoms with van der Waals surface area (Å²) in [4.78, 5) is 12.0. The van der Waals surface area contributed by atoms with Crippen molar-refractivity contribution in [1.29, 1.82) is 0 Å². The molecule has 0 heterocycles. The van der Waals surface area contributed by atoms with Crippen molar-refractivity contribution in [3.8, 4) is 5.75 Å². The molecule has 18 heavy (non-hydrogen) atoms. The predicted molar refractivity (Wildman–Crippen MR) is 69.9 cm³/mol. The lowest BCUT2D eigenvalue weighted by molar-refractivity contribution is -0.122. The molecule has 1 amide bonds. The molecule has 1 aliphatic rings. The van der Waals surface area contributed by atoms with Crippen molar-refractivity contribution in [1.82, 2.24) is 0 Å². The van der Waals surface area contributed by atoms with Crippen LogP contribution in [-0.2, 0) is 4.79 Å². The van der Waals surface area contributed by atoms with Gasteiger partial charge in [-0.1, -0.05) is 0 Å². The summed E-state index contributed by atoms with van der Waals surface area (Å²) in [5.41, 5.74) is 2.19. The van der Waals surface area contributed by atoms with E-state index < -0.39 is 5.41 Å². The first-order valence-corrected chi connectivity index (χ1v) is 6.10. The van der Waals surface area contributed by atoms with Crippen molar-refractivity contribution in [2.24, 2.45) is 5.41 Å². The number of carbonyl (C=O) groups is 1. The molecular formula is C14H19NO3. The van der Waals surface area contributed by atoms with E-state index >= 15 is 0 Å². The largest absolute Gasteiger partial charge is 0.496 e. The number of aryl methyl sites for hydroxylation is 2. The lowest BCUT2D eigenvalue weighted by atomic mass is 10.1. The first-order valence-electron chi connectivity index (χ1n) is 6.10. The van der Waals surface area contributed by atoms with Crippen molar-refractivity contribution in [3.05, 3.63) is 23.3 Å². The zero-order valence-electron chi connectivity index (χ0n) is 11.0. The van der Waals surface area contributed by atoms with E-state index in [1.54, 1.807) is 7.11 Å². The minimum absolute atomic E-state index is 0.0764. The standard InChI is InChI=1S/C14H19NO3/c1-9-7-12(18-3)10(2)6-11(9)15-13(17)14(8-16)4-5-14/h6-7,16H,4-5,8H2,1-3H3,(H,15,17). The molecule has 1 aromatic rings. The summed E-state index contributed by atoms with van der Waals surface area (Å²) < 4.78 is 5.23. The van der Waals surface area contributed by atoms with Gasteiger partial charge in [-0.15, -0.1) is 0 Å². The number of amides is 1. The van der Waals surface area contributed by atoms with E-state index in [-0.39, 0.29) is 12.5 Å². The van der Waals surface area contributed by atoms with Crippen LogP contribution in [0.5, 0.6) is 5.75 Å². The fraction of sp³-hybridized carbons (Fsp3) is 0.500. The number of nitrogens with one attached hydrogen (secondary N) is 1. The minimum Gasteiger partial charge on any atom is -0.496 e. The summed E-state index contributed by atoms with van der Waals surface area (Å²) in [7, 11) is 1.63. The third-order valence-corrected chi connectivity index (χ3v) is 3.63. The average molecular weight is 249 g/mol. The third-order valence-electron chi connectivity index (χ3n) is 3.63. The lowest BCUT2D eigenvalue weighted by Gasteiger charge is -2.16. The SMILES string of the molecule is COc1cc(C)c(NC(=O)C2(CO)CC2)cc1C. The number of methoxy groups -OCH3 is 1. The number of ether oxygens (including phenoxy) is 1. The quantitative estimate of drug-likeness (QED) is 0.858. The number of hydrogen-bond acceptors (Lipinski definition) is 3. The third kappa shape index (κ3) is 2.20. The van der Waals surface area contributed by atoms with Gasteiger partial charge in [0.05, 0.1) is 19.1 Å². The van der Waals surface area contributed by atoms with Crippen molar-refractivity contribution in [2.45, 2.75) is 26.7 Å². The van der Waals surface area contributed by atoms with Crippen LogP contribution in [0.4, 0.5) is 5.69 Å². The van der Waals surface area contributed by atoms with Crippen molar-refractivity contribution >= 4 is 11.6 Å². The zero-order chi connectivity index (χ0) is 13.3. The van der Waals surface area contributed by atoms with E-state index in [1.807, 2.05) is 26.0 Å². The molecule has 0 spiro atoms. The van der Waals surface area contributed by atoms with Crippen molar-refractivity contribution in [3.63, 3.8) is 0 Å². The lowest BCUT2D eigenvalue weighted by Crippen LogP contribution is -2.27. The molecule has 1 aliphatic carbocycles. The Balaban J connectivity index is 2.19. The van der Waals surface area contributed by atoms with E-state index in [4.69, 9.17) is 4.74 Å². The molecular weight excluding hydrogens is 230 g/mol. The van der Waals surface area contributed by atoms with Gasteiger partial charge in [0.25, 0.3) is 0 Å². The Labute approximate surface area is 107 Å². The first-order chi connectivity index (χ1) is 8.52. The van der Waals surface area contributed by atoms with Gasteiger partial charge in [0, 0.05) is 5.69 Å². The highest BCUT2D eigenvalue weighted by Gasteiger charge is 2.49. The van der Waals surface area contributed by atoms with Gasteiger partial charge in [-0.05, 0) is 49.9 Å². The Morgan fingerprint density at radius 2 is 2.06 bits per heavy atom. The van der Waals surface area contributed by atoms with Crippen LogP contribution in [0.25, 0.3) is 0 Å². The van der Waals surface area contributed by atoms with Crippen molar-refractivity contribution < 1.29 is 14.6 Å². The summed E-state index contributed by atoms with van der Waals surface area (Å²) in [6.07, 6.45) is 1.53. The summed E-state index contributed by atoms with van der Waals surface area (Å²) in [5.74, 6) is 0.728.